The summed E-state index contributed by atoms with van der Waals surface area (Å²) in [7, 11) is 4.39. The van der Waals surface area contributed by atoms with E-state index in [4.69, 9.17) is 25.8 Å². The third kappa shape index (κ3) is 4.82. The van der Waals surface area contributed by atoms with Crippen LogP contribution in [0.3, 0.4) is 0 Å². The van der Waals surface area contributed by atoms with Crippen LogP contribution in [0.25, 0.3) is 5.76 Å². The number of methoxy groups -OCH3 is 3. The average Bonchev–Trinajstić information content (AvgIpc) is 3.17. The Kier molecular flexibility index (Phi) is 7.42. The molecule has 1 unspecified atom stereocenters. The first-order chi connectivity index (χ1) is 18.0. The van der Waals surface area contributed by atoms with Crippen molar-refractivity contribution in [3.8, 4) is 17.2 Å². The fourth-order valence-corrected chi connectivity index (χ4v) is 4.76. The van der Waals surface area contributed by atoms with Gasteiger partial charge in [0, 0.05) is 17.8 Å². The highest BCUT2D eigenvalue weighted by Gasteiger charge is 2.47. The van der Waals surface area contributed by atoms with E-state index in [2.05, 4.69) is 20.8 Å². The average molecular weight is 536 g/mol. The Labute approximate surface area is 227 Å². The standard InChI is InChI=1S/C30H30ClNO6/c1-30(2,3)18-12-10-17(11-13-18)26-25(27(33)21-15-24(38-6)22(31)16-23(21)37-5)28(34)29(35)32(26)19-8-7-9-20(14-19)36-4/h7-16,26,33H,1-6H3/b27-25+. The van der Waals surface area contributed by atoms with Crippen LogP contribution in [0.1, 0.15) is 43.5 Å². The van der Waals surface area contributed by atoms with Crippen LogP contribution in [-0.2, 0) is 15.0 Å². The van der Waals surface area contributed by atoms with Gasteiger partial charge in [0.25, 0.3) is 11.7 Å². The predicted octanol–water partition coefficient (Wildman–Crippen LogP) is 6.29. The SMILES string of the molecule is COc1cccc(N2C(=O)C(=O)/C(=C(/O)c3cc(OC)c(Cl)cc3OC)C2c2ccc(C(C)(C)C)cc2)c1. The van der Waals surface area contributed by atoms with Crippen LogP contribution in [0.15, 0.2) is 66.2 Å². The molecule has 1 amide bonds. The van der Waals surface area contributed by atoms with E-state index in [0.29, 0.717) is 17.0 Å². The lowest BCUT2D eigenvalue weighted by molar-refractivity contribution is -0.132. The lowest BCUT2D eigenvalue weighted by Crippen LogP contribution is -2.29. The predicted molar refractivity (Wildman–Crippen MR) is 147 cm³/mol. The number of ketones is 1. The van der Waals surface area contributed by atoms with E-state index >= 15 is 0 Å². The van der Waals surface area contributed by atoms with E-state index in [1.165, 1.54) is 38.4 Å². The van der Waals surface area contributed by atoms with Crippen molar-refractivity contribution in [2.24, 2.45) is 0 Å². The highest BCUT2D eigenvalue weighted by Crippen LogP contribution is 2.45. The molecule has 38 heavy (non-hydrogen) atoms. The Hall–Kier alpha value is -3.97. The molecule has 0 aliphatic carbocycles. The molecular weight excluding hydrogens is 506 g/mol. The molecule has 0 bridgehead atoms. The number of amides is 1. The molecule has 1 atom stereocenters. The van der Waals surface area contributed by atoms with Crippen molar-refractivity contribution in [1.29, 1.82) is 0 Å². The molecule has 7 nitrogen and oxygen atoms in total. The first kappa shape index (κ1) is 27.1. The quantitative estimate of drug-likeness (QED) is 0.227. The zero-order chi connectivity index (χ0) is 27.8. The summed E-state index contributed by atoms with van der Waals surface area (Å²) in [6.07, 6.45) is 0. The number of nitrogens with zero attached hydrogens (tertiary/aromatic N) is 1. The lowest BCUT2D eigenvalue weighted by Gasteiger charge is -2.27. The summed E-state index contributed by atoms with van der Waals surface area (Å²) in [5.74, 6) is -0.971. The van der Waals surface area contributed by atoms with Crippen molar-refractivity contribution in [2.75, 3.05) is 26.2 Å². The molecular formula is C30H30ClNO6. The Morgan fingerprint density at radius 2 is 1.55 bits per heavy atom. The van der Waals surface area contributed by atoms with Crippen LogP contribution in [0, 0.1) is 0 Å². The van der Waals surface area contributed by atoms with Gasteiger partial charge in [0.15, 0.2) is 0 Å². The lowest BCUT2D eigenvalue weighted by atomic mass is 9.85. The summed E-state index contributed by atoms with van der Waals surface area (Å²) < 4.78 is 16.1. The third-order valence-electron chi connectivity index (χ3n) is 6.60. The third-order valence-corrected chi connectivity index (χ3v) is 6.89. The zero-order valence-electron chi connectivity index (χ0n) is 22.2. The number of hydrogen-bond donors (Lipinski definition) is 1. The van der Waals surface area contributed by atoms with Gasteiger partial charge in [-0.25, -0.2) is 0 Å². The van der Waals surface area contributed by atoms with Crippen LogP contribution < -0.4 is 19.1 Å². The number of carbonyl (C=O) groups excluding carboxylic acids is 2. The van der Waals surface area contributed by atoms with Gasteiger partial charge < -0.3 is 19.3 Å². The summed E-state index contributed by atoms with van der Waals surface area (Å²) in [4.78, 5) is 28.4. The van der Waals surface area contributed by atoms with E-state index in [1.54, 1.807) is 24.3 Å². The minimum Gasteiger partial charge on any atom is -0.507 e. The van der Waals surface area contributed by atoms with E-state index in [1.807, 2.05) is 24.3 Å². The van der Waals surface area contributed by atoms with Gasteiger partial charge in [0.2, 0.25) is 0 Å². The Morgan fingerprint density at radius 1 is 0.895 bits per heavy atom. The number of halogens is 1. The van der Waals surface area contributed by atoms with Gasteiger partial charge in [-0.2, -0.15) is 0 Å². The Morgan fingerprint density at radius 3 is 2.13 bits per heavy atom. The smallest absolute Gasteiger partial charge is 0.300 e. The second-order valence-corrected chi connectivity index (χ2v) is 10.3. The molecule has 0 radical (unpaired) electrons. The number of hydrogen-bond acceptors (Lipinski definition) is 6. The summed E-state index contributed by atoms with van der Waals surface area (Å²) in [5.41, 5.74) is 2.19. The van der Waals surface area contributed by atoms with Crippen LogP contribution >= 0.6 is 11.6 Å². The number of aliphatic hydroxyl groups is 1. The second kappa shape index (κ2) is 10.4. The van der Waals surface area contributed by atoms with Gasteiger partial charge in [-0.1, -0.05) is 62.7 Å². The highest BCUT2D eigenvalue weighted by atomic mass is 35.5. The Balaban J connectivity index is 1.99. The number of Topliss-reactive ketones (excluding diaryl/α,β-unsaturated/α-hetero) is 1. The van der Waals surface area contributed by atoms with Crippen molar-refractivity contribution >= 4 is 34.7 Å². The molecule has 0 aromatic heterocycles. The number of benzene rings is 3. The monoisotopic (exact) mass is 535 g/mol. The molecule has 1 aliphatic heterocycles. The maximum absolute atomic E-state index is 13.6. The van der Waals surface area contributed by atoms with Crippen molar-refractivity contribution in [3.63, 3.8) is 0 Å². The van der Waals surface area contributed by atoms with E-state index in [0.717, 1.165) is 5.56 Å². The first-order valence-electron chi connectivity index (χ1n) is 12.0. The van der Waals surface area contributed by atoms with Gasteiger partial charge in [0.05, 0.1) is 43.5 Å². The van der Waals surface area contributed by atoms with Gasteiger partial charge >= 0.3 is 0 Å². The summed E-state index contributed by atoms with van der Waals surface area (Å²) in [6, 6.07) is 16.6. The fraction of sp³-hybridized carbons (Fsp3) is 0.267. The van der Waals surface area contributed by atoms with Crippen molar-refractivity contribution in [2.45, 2.75) is 32.2 Å². The van der Waals surface area contributed by atoms with Crippen molar-refractivity contribution in [1.82, 2.24) is 0 Å². The molecule has 0 spiro atoms. The molecule has 1 N–H and O–H groups in total. The summed E-state index contributed by atoms with van der Waals surface area (Å²) in [6.45, 7) is 6.31. The van der Waals surface area contributed by atoms with E-state index in [9.17, 15) is 14.7 Å². The number of ether oxygens (including phenoxy) is 3. The number of aliphatic hydroxyl groups excluding tert-OH is 1. The maximum Gasteiger partial charge on any atom is 0.300 e. The molecule has 3 aromatic rings. The van der Waals surface area contributed by atoms with Crippen LogP contribution in [-0.4, -0.2) is 38.1 Å². The number of rotatable bonds is 6. The minimum absolute atomic E-state index is 0.0796. The maximum atomic E-state index is 13.6. The van der Waals surface area contributed by atoms with Gasteiger partial charge in [-0.15, -0.1) is 0 Å². The topological polar surface area (TPSA) is 85.3 Å². The number of carbonyl (C=O) groups is 2. The summed E-state index contributed by atoms with van der Waals surface area (Å²) >= 11 is 6.26. The van der Waals surface area contributed by atoms with E-state index < -0.39 is 23.5 Å². The molecule has 8 heteroatoms. The zero-order valence-corrected chi connectivity index (χ0v) is 22.9. The fourth-order valence-electron chi connectivity index (χ4n) is 4.53. The second-order valence-electron chi connectivity index (χ2n) is 9.93. The molecule has 1 fully saturated rings. The van der Waals surface area contributed by atoms with Crippen molar-refractivity contribution < 1.29 is 28.9 Å². The van der Waals surface area contributed by atoms with Gasteiger partial charge in [0.1, 0.15) is 23.0 Å². The van der Waals surface area contributed by atoms with Gasteiger partial charge in [-0.3, -0.25) is 14.5 Å². The number of anilines is 1. The molecule has 1 aliphatic rings. The van der Waals surface area contributed by atoms with Crippen LogP contribution in [0.4, 0.5) is 5.69 Å². The first-order valence-corrected chi connectivity index (χ1v) is 12.4. The van der Waals surface area contributed by atoms with Crippen LogP contribution in [0.2, 0.25) is 5.02 Å². The summed E-state index contributed by atoms with van der Waals surface area (Å²) in [5, 5.41) is 11.9. The molecule has 0 saturated carbocycles. The minimum atomic E-state index is -0.914. The largest absolute Gasteiger partial charge is 0.507 e. The molecule has 3 aromatic carbocycles. The molecule has 1 saturated heterocycles. The Bertz CT molecular complexity index is 1420. The van der Waals surface area contributed by atoms with Crippen LogP contribution in [0.5, 0.6) is 17.2 Å². The molecule has 1 heterocycles. The highest BCUT2D eigenvalue weighted by molar-refractivity contribution is 6.51. The molecule has 4 rings (SSSR count). The van der Waals surface area contributed by atoms with E-state index in [-0.39, 0.29) is 33.1 Å². The molecule has 198 valence electrons. The normalized spacial score (nSPS) is 17.0. The van der Waals surface area contributed by atoms with Crippen molar-refractivity contribution in [3.05, 3.63) is 87.9 Å². The van der Waals surface area contributed by atoms with Gasteiger partial charge in [-0.05, 0) is 34.7 Å².